The van der Waals surface area contributed by atoms with Crippen LogP contribution in [0.4, 0.5) is 0 Å². The second-order valence-electron chi connectivity index (χ2n) is 10.7. The lowest BCUT2D eigenvalue weighted by molar-refractivity contribution is -0.117. The van der Waals surface area contributed by atoms with Crippen LogP contribution in [0.2, 0.25) is 0 Å². The molecule has 2 aliphatic rings. The van der Waals surface area contributed by atoms with E-state index in [4.69, 9.17) is 0 Å². The van der Waals surface area contributed by atoms with Crippen molar-refractivity contribution in [2.45, 2.75) is 80.1 Å². The molecule has 1 aliphatic heterocycles. The van der Waals surface area contributed by atoms with Gasteiger partial charge in [-0.3, -0.25) is 14.8 Å². The Morgan fingerprint density at radius 3 is 2.26 bits per heavy atom. The normalized spacial score (nSPS) is 19.7. The van der Waals surface area contributed by atoms with Crippen molar-refractivity contribution in [3.63, 3.8) is 0 Å². The summed E-state index contributed by atoms with van der Waals surface area (Å²) in [4.78, 5) is 27.0. The quantitative estimate of drug-likeness (QED) is 0.207. The molecule has 7 heteroatoms. The third-order valence-electron chi connectivity index (χ3n) is 6.82. The summed E-state index contributed by atoms with van der Waals surface area (Å²) in [6.45, 7) is 19.4. The van der Waals surface area contributed by atoms with E-state index >= 15 is 0 Å². The monoisotopic (exact) mass is 490 g/mol. The van der Waals surface area contributed by atoms with Crippen LogP contribution in [0.1, 0.15) is 80.1 Å². The van der Waals surface area contributed by atoms with Crippen molar-refractivity contribution in [1.82, 2.24) is 20.4 Å². The van der Waals surface area contributed by atoms with Crippen molar-refractivity contribution >= 4 is 18.0 Å². The molecule has 1 heterocycles. The van der Waals surface area contributed by atoms with E-state index in [1.54, 1.807) is 13.4 Å². The summed E-state index contributed by atoms with van der Waals surface area (Å²) in [5.41, 5.74) is 2.15. The first kappa shape index (κ1) is 31.3. The van der Waals surface area contributed by atoms with E-state index in [2.05, 4.69) is 58.2 Å². The summed E-state index contributed by atoms with van der Waals surface area (Å²) in [5, 5.41) is 6.48. The molecule has 1 saturated heterocycles. The topological polar surface area (TPSA) is 72.3 Å². The Hall–Kier alpha value is -1.73. The highest BCUT2D eigenvalue weighted by Crippen LogP contribution is 2.24. The van der Waals surface area contributed by atoms with Gasteiger partial charge in [0, 0.05) is 57.3 Å². The molecule has 0 aromatic carbocycles. The second-order valence-corrected chi connectivity index (χ2v) is 10.7. The maximum atomic E-state index is 13.0. The van der Waals surface area contributed by atoms with Gasteiger partial charge in [-0.05, 0) is 45.7 Å². The first-order chi connectivity index (χ1) is 16.7. The molecule has 0 aromatic rings. The fourth-order valence-electron chi connectivity index (χ4n) is 4.68. The van der Waals surface area contributed by atoms with Crippen LogP contribution < -0.4 is 10.6 Å². The van der Waals surface area contributed by atoms with Crippen LogP contribution in [0.25, 0.3) is 0 Å². The molecule has 0 unspecified atom stereocenters. The minimum Gasteiger partial charge on any atom is -0.352 e. The summed E-state index contributed by atoms with van der Waals surface area (Å²) in [6.07, 6.45) is 9.11. The van der Waals surface area contributed by atoms with E-state index in [9.17, 15) is 4.79 Å². The van der Waals surface area contributed by atoms with E-state index in [-0.39, 0.29) is 11.3 Å². The van der Waals surface area contributed by atoms with Gasteiger partial charge in [0.1, 0.15) is 0 Å². The molecule has 1 saturated carbocycles. The molecule has 0 aromatic heterocycles. The van der Waals surface area contributed by atoms with Gasteiger partial charge >= 0.3 is 0 Å². The fourth-order valence-corrected chi connectivity index (χ4v) is 4.68. The molecule has 202 valence electrons. The number of hydrogen-bond donors (Lipinski definition) is 2. The lowest BCUT2D eigenvalue weighted by Crippen LogP contribution is -2.44. The molecule has 0 bridgehead atoms. The van der Waals surface area contributed by atoms with Crippen molar-refractivity contribution < 1.29 is 4.79 Å². The Labute approximate surface area is 215 Å². The Balaban J connectivity index is 0.00000298. The largest absolute Gasteiger partial charge is 0.352 e. The third-order valence-corrected chi connectivity index (χ3v) is 6.82. The van der Waals surface area contributed by atoms with E-state index in [1.807, 2.05) is 20.8 Å². The zero-order valence-electron chi connectivity index (χ0n) is 24.0. The van der Waals surface area contributed by atoms with E-state index < -0.39 is 0 Å². The summed E-state index contributed by atoms with van der Waals surface area (Å²) < 4.78 is 0. The highest BCUT2D eigenvalue weighted by Gasteiger charge is 2.26. The Morgan fingerprint density at radius 2 is 1.69 bits per heavy atom. The van der Waals surface area contributed by atoms with Gasteiger partial charge in [0.25, 0.3) is 0 Å². The number of nitrogens with one attached hydrogen (secondary N) is 2. The molecule has 0 spiro atoms. The number of likely N-dealkylation sites (N-methyl/N-ethyl adjacent to an activating group) is 1. The summed E-state index contributed by atoms with van der Waals surface area (Å²) in [7, 11) is 3.98. The number of rotatable bonds is 10. The number of carbonyl (C=O) groups is 1. The van der Waals surface area contributed by atoms with Gasteiger partial charge in [-0.25, -0.2) is 0 Å². The van der Waals surface area contributed by atoms with Gasteiger partial charge in [0.15, 0.2) is 0 Å². The van der Waals surface area contributed by atoms with Gasteiger partial charge in [-0.1, -0.05) is 53.9 Å². The van der Waals surface area contributed by atoms with Crippen molar-refractivity contribution in [3.05, 3.63) is 11.3 Å². The van der Waals surface area contributed by atoms with Gasteiger partial charge in [-0.15, -0.1) is 0 Å². The Morgan fingerprint density at radius 1 is 1.06 bits per heavy atom. The molecule has 0 radical (unpaired) electrons. The standard InChI is InChI=1S/C26H48N6O.C2H6/c1-21(25(33)29-19-22-11-8-7-9-12-22)23(24(27-5)26(2,3)4)30-20-28-13-10-14-32-17-15-31(6)16-18-32;1-2/h20,22H,7-19H2,1-6H3,(H,28,30)(H,29,33);1-2H3/b23-21-,27-24?;. The number of piperazine rings is 1. The Bertz CT molecular complexity index is 693. The molecule has 2 fully saturated rings. The van der Waals surface area contributed by atoms with E-state index in [0.29, 0.717) is 11.5 Å². The highest BCUT2D eigenvalue weighted by atomic mass is 16.1. The first-order valence-corrected chi connectivity index (χ1v) is 13.8. The minimum absolute atomic E-state index is 0.0167. The van der Waals surface area contributed by atoms with Crippen LogP contribution in [0, 0.1) is 11.3 Å². The molecule has 1 amide bonds. The molecule has 2 rings (SSSR count). The average molecular weight is 491 g/mol. The van der Waals surface area contributed by atoms with Crippen LogP contribution in [0.3, 0.4) is 0 Å². The maximum absolute atomic E-state index is 13.0. The summed E-state index contributed by atoms with van der Waals surface area (Å²) in [5.74, 6) is 0.590. The van der Waals surface area contributed by atoms with Crippen LogP contribution in [0.5, 0.6) is 0 Å². The summed E-state index contributed by atoms with van der Waals surface area (Å²) >= 11 is 0. The zero-order chi connectivity index (χ0) is 26.3. The van der Waals surface area contributed by atoms with Crippen LogP contribution in [-0.2, 0) is 4.79 Å². The number of amides is 1. The smallest absolute Gasteiger partial charge is 0.249 e. The van der Waals surface area contributed by atoms with E-state index in [1.165, 1.54) is 32.1 Å². The van der Waals surface area contributed by atoms with Gasteiger partial charge in [0.2, 0.25) is 5.91 Å². The minimum atomic E-state index is -0.183. The number of hydrogen-bond acceptors (Lipinski definition) is 5. The number of carbonyl (C=O) groups excluding carboxylic acids is 1. The molecule has 7 nitrogen and oxygen atoms in total. The van der Waals surface area contributed by atoms with Crippen molar-refractivity contribution in [3.8, 4) is 0 Å². The van der Waals surface area contributed by atoms with Crippen LogP contribution >= 0.6 is 0 Å². The number of aliphatic imine (C=N–C) groups is 2. The lowest BCUT2D eigenvalue weighted by Gasteiger charge is -2.32. The molecular weight excluding hydrogens is 436 g/mol. The van der Waals surface area contributed by atoms with Crippen LogP contribution in [-0.4, -0.2) is 87.7 Å². The predicted molar refractivity (Wildman–Crippen MR) is 151 cm³/mol. The number of nitrogens with zero attached hydrogens (tertiary/aromatic N) is 4. The average Bonchev–Trinajstić information content (AvgIpc) is 2.85. The second kappa shape index (κ2) is 16.9. The number of allylic oxidation sites excluding steroid dienone is 1. The summed E-state index contributed by atoms with van der Waals surface area (Å²) in [6, 6.07) is 0. The molecule has 2 N–H and O–H groups in total. The highest BCUT2D eigenvalue weighted by molar-refractivity contribution is 6.10. The fraction of sp³-hybridized carbons (Fsp3) is 0.821. The maximum Gasteiger partial charge on any atom is 0.249 e. The predicted octanol–water partition coefficient (Wildman–Crippen LogP) is 4.36. The van der Waals surface area contributed by atoms with Gasteiger partial charge in [0.05, 0.1) is 17.7 Å². The molecule has 0 atom stereocenters. The SMILES string of the molecule is CC.CN=C(/C(NC=NCCCN1CCN(C)CC1)=C(\C)C(=O)NCC1CCCCC1)C(C)(C)C. The van der Waals surface area contributed by atoms with Crippen molar-refractivity contribution in [2.24, 2.45) is 21.3 Å². The van der Waals surface area contributed by atoms with Crippen molar-refractivity contribution in [1.29, 1.82) is 0 Å². The molecule has 1 aliphatic carbocycles. The lowest BCUT2D eigenvalue weighted by atomic mass is 9.86. The molecule has 35 heavy (non-hydrogen) atoms. The van der Waals surface area contributed by atoms with E-state index in [0.717, 1.165) is 63.6 Å². The molecular formula is C28H54N6O. The van der Waals surface area contributed by atoms with Crippen molar-refractivity contribution in [2.75, 3.05) is 59.9 Å². The van der Waals surface area contributed by atoms with Gasteiger partial charge in [-0.2, -0.15) is 0 Å². The van der Waals surface area contributed by atoms with Crippen LogP contribution in [0.15, 0.2) is 21.3 Å². The Kier molecular flexibility index (Phi) is 15.1. The zero-order valence-corrected chi connectivity index (χ0v) is 24.0. The first-order valence-electron chi connectivity index (χ1n) is 13.8. The van der Waals surface area contributed by atoms with Gasteiger partial charge < -0.3 is 20.4 Å². The third kappa shape index (κ3) is 11.7.